The molecule has 0 aromatic carbocycles. The Kier molecular flexibility index (Phi) is 46.5. The first-order valence-corrected chi connectivity index (χ1v) is 18.6. The van der Waals surface area contributed by atoms with Crippen LogP contribution in [0.15, 0.2) is 0 Å². The molecule has 5 N–H and O–H groups in total. The molecule has 0 rings (SSSR count). The summed E-state index contributed by atoms with van der Waals surface area (Å²) in [5, 5.41) is 0. The molecule has 36 heavy (non-hydrogen) atoms. The van der Waals surface area contributed by atoms with Crippen molar-refractivity contribution in [2.45, 2.75) is 87.5 Å². The van der Waals surface area contributed by atoms with Crippen molar-refractivity contribution < 1.29 is 38.4 Å². The van der Waals surface area contributed by atoms with Crippen molar-refractivity contribution >= 4 is 64.6 Å². The molecule has 0 heterocycles. The molecule has 0 aliphatic carbocycles. The van der Waals surface area contributed by atoms with E-state index in [2.05, 4.69) is 60.7 Å². The Morgan fingerprint density at radius 3 is 1.14 bits per heavy atom. The summed E-state index contributed by atoms with van der Waals surface area (Å²) in [6.45, 7) is 8.72. The van der Waals surface area contributed by atoms with Crippen molar-refractivity contribution in [3.8, 4) is 0 Å². The molecule has 0 fully saturated rings. The highest BCUT2D eigenvalue weighted by Gasteiger charge is 2.09. The molecule has 0 amide bonds. The zero-order chi connectivity index (χ0) is 27.5. The van der Waals surface area contributed by atoms with E-state index in [1.165, 1.54) is 47.3 Å². The maximum absolute atomic E-state index is 10.8. The van der Waals surface area contributed by atoms with Gasteiger partial charge in [0.15, 0.2) is 0 Å². The predicted molar refractivity (Wildman–Crippen MR) is 162 cm³/mol. The predicted octanol–water partition coefficient (Wildman–Crippen LogP) is 4.67. The molecule has 17 heteroatoms. The molecule has 0 aromatic rings. The van der Waals surface area contributed by atoms with Crippen molar-refractivity contribution in [2.24, 2.45) is 11.8 Å². The van der Waals surface area contributed by atoms with Gasteiger partial charge in [0.05, 0.1) is 17.3 Å². The minimum atomic E-state index is -3.74. The Bertz CT molecular complexity index is 672. The molecular formula is C19H52N2O9S6. The number of hydrogen-bond donors (Lipinski definition) is 4. The molecule has 0 aromatic heterocycles. The van der Waals surface area contributed by atoms with Gasteiger partial charge in [-0.3, -0.25) is 4.55 Å². The molecule has 0 spiro atoms. The van der Waals surface area contributed by atoms with Crippen LogP contribution in [0.1, 0.15) is 87.5 Å². The molecule has 0 radical (unpaired) electrons. The lowest BCUT2D eigenvalue weighted by Crippen LogP contribution is -2.15. The van der Waals surface area contributed by atoms with E-state index in [0.29, 0.717) is 36.5 Å². The van der Waals surface area contributed by atoms with Crippen molar-refractivity contribution in [3.05, 3.63) is 0 Å². The Morgan fingerprint density at radius 1 is 0.667 bits per heavy atom. The molecule has 0 saturated carbocycles. The van der Waals surface area contributed by atoms with Gasteiger partial charge in [0, 0.05) is 11.5 Å². The van der Waals surface area contributed by atoms with E-state index >= 15 is 0 Å². The minimum Gasteiger partial charge on any atom is -0.286 e. The maximum Gasteiger partial charge on any atom is 0.283 e. The number of rotatable bonds is 16. The van der Waals surface area contributed by atoms with Crippen LogP contribution in [0.4, 0.5) is 0 Å². The highest BCUT2D eigenvalue weighted by atomic mass is 33.1. The summed E-state index contributed by atoms with van der Waals surface area (Å²) in [6, 6.07) is 0. The third-order valence-electron chi connectivity index (χ3n) is 3.18. The lowest BCUT2D eigenvalue weighted by Gasteiger charge is -2.02. The Hall–Kier alpha value is 0.700. The van der Waals surface area contributed by atoms with Crippen LogP contribution < -0.4 is 11.8 Å². The summed E-state index contributed by atoms with van der Waals surface area (Å²) in [6.07, 6.45) is 6.52. The van der Waals surface area contributed by atoms with E-state index in [0.717, 1.165) is 0 Å². The molecule has 0 aliphatic heterocycles. The topological polar surface area (TPSA) is 193 Å². The largest absolute Gasteiger partial charge is 0.286 e. The van der Waals surface area contributed by atoms with Crippen molar-refractivity contribution in [2.75, 3.05) is 34.5 Å². The molecule has 228 valence electrons. The second-order valence-corrected chi connectivity index (χ2v) is 14.6. The lowest BCUT2D eigenvalue weighted by molar-refractivity contribution is 0.332. The normalized spacial score (nSPS) is 10.7. The number of unbranched alkanes of at least 4 members (excludes halogenated alkanes) is 2. The van der Waals surface area contributed by atoms with Gasteiger partial charge in [-0.2, -0.15) is 58.2 Å². The summed E-state index contributed by atoms with van der Waals surface area (Å²) in [7, 11) is -8.02. The molecule has 0 atom stereocenters. The third-order valence-corrected chi connectivity index (χ3v) is 9.04. The average Bonchev–Trinajstić information content (AvgIpc) is 2.79. The molecule has 11 nitrogen and oxygen atoms in total. The average molecular weight is 645 g/mol. The van der Waals surface area contributed by atoms with Crippen LogP contribution >= 0.6 is 34.2 Å². The monoisotopic (exact) mass is 644 g/mol. The minimum absolute atomic E-state index is 0. The molecule has 0 saturated heterocycles. The first-order chi connectivity index (χ1) is 15.7. The molecule has 0 unspecified atom stereocenters. The Labute approximate surface area is 235 Å². The van der Waals surface area contributed by atoms with E-state index in [9.17, 15) is 25.3 Å². The van der Waals surface area contributed by atoms with Crippen LogP contribution in [0.3, 0.4) is 0 Å². The smallest absolute Gasteiger partial charge is 0.283 e. The summed E-state index contributed by atoms with van der Waals surface area (Å²) >= 11 is 3.76. The summed E-state index contributed by atoms with van der Waals surface area (Å²) in [5.41, 5.74) is 0. The number of nitrogens with two attached hydrogens (primary N) is 2. The van der Waals surface area contributed by atoms with Gasteiger partial charge < -0.3 is 0 Å². The van der Waals surface area contributed by atoms with Crippen LogP contribution in [-0.4, -0.2) is 64.3 Å². The van der Waals surface area contributed by atoms with Crippen molar-refractivity contribution in [1.29, 1.82) is 0 Å². The van der Waals surface area contributed by atoms with E-state index in [4.69, 9.17) is 4.55 Å². The van der Waals surface area contributed by atoms with Gasteiger partial charge in [-0.15, -0.1) is 0 Å². The van der Waals surface area contributed by atoms with E-state index in [1.54, 1.807) is 0 Å². The van der Waals surface area contributed by atoms with Crippen LogP contribution in [0.5, 0.6) is 0 Å². The molecule has 0 bridgehead atoms. The zero-order valence-electron chi connectivity index (χ0n) is 20.5. The second-order valence-electron chi connectivity index (χ2n) is 6.43. The highest BCUT2D eigenvalue weighted by Crippen LogP contribution is 2.23. The zero-order valence-corrected chi connectivity index (χ0v) is 25.5. The number of hydrogen-bond acceptors (Lipinski definition) is 13. The van der Waals surface area contributed by atoms with E-state index in [-0.39, 0.29) is 32.1 Å². The van der Waals surface area contributed by atoms with Crippen LogP contribution in [0.25, 0.3) is 0 Å². The van der Waals surface area contributed by atoms with Gasteiger partial charge in [0.2, 0.25) is 0 Å². The molecule has 0 aliphatic rings. The molecular weight excluding hydrogens is 593 g/mol. The first kappa shape index (κ1) is 49.6. The second kappa shape index (κ2) is 33.7. The van der Waals surface area contributed by atoms with Gasteiger partial charge in [-0.25, -0.2) is 0 Å². The summed E-state index contributed by atoms with van der Waals surface area (Å²) < 4.78 is 78.8. The van der Waals surface area contributed by atoms with Crippen LogP contribution in [0, 0.1) is 0 Å². The third kappa shape index (κ3) is 55.3. The highest BCUT2D eigenvalue weighted by molar-refractivity contribution is 8.76. The van der Waals surface area contributed by atoms with Gasteiger partial charge in [0.1, 0.15) is 0 Å². The van der Waals surface area contributed by atoms with E-state index in [1.807, 2.05) is 0 Å². The SMILES string of the molecule is C.C.CCCC.CCCC.NOS(=O)(=O)CCCSSCCCS(=O)(=O)ON.O=S(=O)(O)CCCS. The Morgan fingerprint density at radius 2 is 0.972 bits per heavy atom. The lowest BCUT2D eigenvalue weighted by atomic mass is 10.4. The van der Waals surface area contributed by atoms with Crippen molar-refractivity contribution in [3.63, 3.8) is 0 Å². The Balaban J connectivity index is -0.000000104. The van der Waals surface area contributed by atoms with Crippen molar-refractivity contribution in [1.82, 2.24) is 0 Å². The fraction of sp³-hybridized carbons (Fsp3) is 1.00. The standard InChI is InChI=1S/C6H16N2O6S4.2C4H10.C3H8O3S2.2CH4/c7-13-17(9,10)5-1-3-15-16-4-2-6-18(11,12)14-8;2*1-3-4-2;4-8(5,6)3-1-2-7;;/h1-8H2;2*3-4H2,1-2H3;7H,1-3H2,(H,4,5,6);2*1H4. The van der Waals surface area contributed by atoms with Crippen LogP contribution in [-0.2, 0) is 38.9 Å². The first-order valence-electron chi connectivity index (χ1n) is 10.7. The summed E-state index contributed by atoms with van der Waals surface area (Å²) in [5.74, 6) is 10.4. The summed E-state index contributed by atoms with van der Waals surface area (Å²) in [4.78, 5) is 0. The maximum atomic E-state index is 10.8. The van der Waals surface area contributed by atoms with Gasteiger partial charge in [-0.1, -0.05) is 89.8 Å². The van der Waals surface area contributed by atoms with Gasteiger partial charge >= 0.3 is 0 Å². The fourth-order valence-electron chi connectivity index (χ4n) is 1.05. The number of thiol groups is 1. The van der Waals surface area contributed by atoms with Gasteiger partial charge in [-0.05, 0) is 25.0 Å². The fourth-order valence-corrected chi connectivity index (χ4v) is 5.66. The van der Waals surface area contributed by atoms with Gasteiger partial charge in [0.25, 0.3) is 30.4 Å². The quantitative estimate of drug-likeness (QED) is 0.0596. The van der Waals surface area contributed by atoms with E-state index < -0.39 is 30.4 Å². The van der Waals surface area contributed by atoms with Crippen LogP contribution in [0.2, 0.25) is 0 Å².